The highest BCUT2D eigenvalue weighted by atomic mass is 79.9. The molecule has 2 nitrogen and oxygen atoms in total. The van der Waals surface area contributed by atoms with Gasteiger partial charge in [0.15, 0.2) is 0 Å². The number of hydrogen-bond acceptors (Lipinski definition) is 1. The van der Waals surface area contributed by atoms with Crippen molar-refractivity contribution in [3.8, 4) is 0 Å². The van der Waals surface area contributed by atoms with Gasteiger partial charge in [-0.25, -0.2) is 0 Å². The molecule has 0 radical (unpaired) electrons. The summed E-state index contributed by atoms with van der Waals surface area (Å²) in [6.45, 7) is 0.882. The maximum absolute atomic E-state index is 4.15. The average Bonchev–Trinajstić information content (AvgIpc) is 2.69. The molecule has 0 saturated heterocycles. The van der Waals surface area contributed by atoms with Crippen molar-refractivity contribution in [3.05, 3.63) is 65.0 Å². The first-order valence-electron chi connectivity index (χ1n) is 5.47. The monoisotopic (exact) mass is 286 g/mol. The lowest BCUT2D eigenvalue weighted by Crippen LogP contribution is -1.97. The van der Waals surface area contributed by atoms with Crippen LogP contribution in [0.25, 0.3) is 10.9 Å². The normalized spacial score (nSPS) is 10.9. The van der Waals surface area contributed by atoms with Crippen LogP contribution < -0.4 is 0 Å². The molecule has 17 heavy (non-hydrogen) atoms. The first-order chi connectivity index (χ1) is 8.34. The Labute approximate surface area is 108 Å². The van der Waals surface area contributed by atoms with E-state index in [0.29, 0.717) is 0 Å². The summed E-state index contributed by atoms with van der Waals surface area (Å²) >= 11 is 3.57. The smallest absolute Gasteiger partial charge is 0.0526 e. The summed E-state index contributed by atoms with van der Waals surface area (Å²) in [6, 6.07) is 12.5. The Morgan fingerprint density at radius 3 is 2.76 bits per heavy atom. The summed E-state index contributed by atoms with van der Waals surface area (Å²) < 4.78 is 3.33. The maximum atomic E-state index is 4.15. The predicted octanol–water partition coefficient (Wildman–Crippen LogP) is 3.85. The largest absolute Gasteiger partial charge is 0.342 e. The second-order valence-corrected chi connectivity index (χ2v) is 4.84. The Hall–Kier alpha value is -1.61. The van der Waals surface area contributed by atoms with Gasteiger partial charge in [-0.15, -0.1) is 0 Å². The second-order valence-electron chi connectivity index (χ2n) is 3.98. The first kappa shape index (κ1) is 10.5. The van der Waals surface area contributed by atoms with Crippen molar-refractivity contribution >= 4 is 26.8 Å². The number of nitrogens with zero attached hydrogens (tertiary/aromatic N) is 2. The van der Waals surface area contributed by atoms with Gasteiger partial charge in [-0.1, -0.05) is 30.3 Å². The Bertz CT molecular complexity index is 644. The molecule has 0 saturated carbocycles. The predicted molar refractivity (Wildman–Crippen MR) is 73.0 cm³/mol. The third-order valence-electron chi connectivity index (χ3n) is 2.83. The molecule has 2 heterocycles. The zero-order valence-corrected chi connectivity index (χ0v) is 10.8. The topological polar surface area (TPSA) is 17.8 Å². The molecule has 0 aliphatic heterocycles. The van der Waals surface area contributed by atoms with E-state index < -0.39 is 0 Å². The summed E-state index contributed by atoms with van der Waals surface area (Å²) in [6.07, 6.45) is 5.83. The fourth-order valence-corrected chi connectivity index (χ4v) is 2.56. The molecule has 0 spiro atoms. The first-order valence-corrected chi connectivity index (χ1v) is 6.26. The lowest BCUT2D eigenvalue weighted by molar-refractivity contribution is 0.835. The Morgan fingerprint density at radius 1 is 1.12 bits per heavy atom. The van der Waals surface area contributed by atoms with E-state index >= 15 is 0 Å². The van der Waals surface area contributed by atoms with Crippen molar-refractivity contribution in [3.63, 3.8) is 0 Å². The molecule has 0 bridgehead atoms. The van der Waals surface area contributed by atoms with E-state index in [1.54, 1.807) is 0 Å². The maximum Gasteiger partial charge on any atom is 0.0526 e. The summed E-state index contributed by atoms with van der Waals surface area (Å²) in [5.74, 6) is 0. The molecule has 0 fully saturated rings. The summed E-state index contributed by atoms with van der Waals surface area (Å²) in [4.78, 5) is 4.15. The average molecular weight is 287 g/mol. The van der Waals surface area contributed by atoms with Crippen LogP contribution in [0.4, 0.5) is 0 Å². The lowest BCUT2D eigenvalue weighted by Gasteiger charge is -2.04. The molecule has 1 aromatic carbocycles. The van der Waals surface area contributed by atoms with Gasteiger partial charge in [0.2, 0.25) is 0 Å². The van der Waals surface area contributed by atoms with Gasteiger partial charge >= 0.3 is 0 Å². The van der Waals surface area contributed by atoms with Crippen LogP contribution in [-0.2, 0) is 6.54 Å². The molecule has 3 heteroatoms. The molecule has 0 atom stereocenters. The van der Waals surface area contributed by atoms with Crippen LogP contribution in [0.15, 0.2) is 59.5 Å². The van der Waals surface area contributed by atoms with E-state index in [9.17, 15) is 0 Å². The molecule has 3 aromatic rings. The zero-order chi connectivity index (χ0) is 11.7. The number of halogens is 1. The van der Waals surface area contributed by atoms with Crippen LogP contribution in [0.5, 0.6) is 0 Å². The zero-order valence-electron chi connectivity index (χ0n) is 9.18. The number of aromatic nitrogens is 2. The van der Waals surface area contributed by atoms with E-state index in [2.05, 4.69) is 55.9 Å². The highest BCUT2D eigenvalue weighted by Gasteiger charge is 2.06. The van der Waals surface area contributed by atoms with Gasteiger partial charge in [0.05, 0.1) is 5.52 Å². The molecule has 84 valence electrons. The molecule has 0 unspecified atom stereocenters. The van der Waals surface area contributed by atoms with Crippen LogP contribution in [0.2, 0.25) is 0 Å². The van der Waals surface area contributed by atoms with Crippen LogP contribution >= 0.6 is 15.9 Å². The molecule has 2 aromatic heterocycles. The Balaban J connectivity index is 2.07. The van der Waals surface area contributed by atoms with Crippen molar-refractivity contribution in [1.29, 1.82) is 0 Å². The SMILES string of the molecule is Brc1cn(Cc2ccccc2)c2ccncc12. The van der Waals surface area contributed by atoms with Gasteiger partial charge in [-0.3, -0.25) is 4.98 Å². The number of benzene rings is 1. The minimum absolute atomic E-state index is 0.882. The number of hydrogen-bond donors (Lipinski definition) is 0. The van der Waals surface area contributed by atoms with Crippen LogP contribution in [0.3, 0.4) is 0 Å². The number of pyridine rings is 1. The van der Waals surface area contributed by atoms with Crippen molar-refractivity contribution in [2.75, 3.05) is 0 Å². The van der Waals surface area contributed by atoms with Crippen molar-refractivity contribution < 1.29 is 0 Å². The fraction of sp³-hybridized carbons (Fsp3) is 0.0714. The second kappa shape index (κ2) is 4.34. The van der Waals surface area contributed by atoms with E-state index in [4.69, 9.17) is 0 Å². The quantitative estimate of drug-likeness (QED) is 0.700. The third kappa shape index (κ3) is 1.98. The van der Waals surface area contributed by atoms with Gasteiger partial charge in [0.25, 0.3) is 0 Å². The molecular weight excluding hydrogens is 276 g/mol. The summed E-state index contributed by atoms with van der Waals surface area (Å²) in [5.41, 5.74) is 2.50. The molecule has 0 amide bonds. The van der Waals surface area contributed by atoms with E-state index in [0.717, 1.165) is 16.4 Å². The highest BCUT2D eigenvalue weighted by Crippen LogP contribution is 2.25. The molecule has 0 aliphatic carbocycles. The summed E-state index contributed by atoms with van der Waals surface area (Å²) in [7, 11) is 0. The lowest BCUT2D eigenvalue weighted by atomic mass is 10.2. The van der Waals surface area contributed by atoms with Gasteiger partial charge in [-0.05, 0) is 27.6 Å². The van der Waals surface area contributed by atoms with E-state index in [-0.39, 0.29) is 0 Å². The van der Waals surface area contributed by atoms with Crippen LogP contribution in [0, 0.1) is 0 Å². The third-order valence-corrected chi connectivity index (χ3v) is 3.46. The van der Waals surface area contributed by atoms with Crippen LogP contribution in [0.1, 0.15) is 5.56 Å². The molecule has 0 aliphatic rings. The van der Waals surface area contributed by atoms with Gasteiger partial charge in [0.1, 0.15) is 0 Å². The van der Waals surface area contributed by atoms with Crippen molar-refractivity contribution in [1.82, 2.24) is 9.55 Å². The molecule has 0 N–H and O–H groups in total. The van der Waals surface area contributed by atoms with Crippen molar-refractivity contribution in [2.24, 2.45) is 0 Å². The summed E-state index contributed by atoms with van der Waals surface area (Å²) in [5, 5.41) is 1.16. The standard InChI is InChI=1S/C14H11BrN2/c15-13-10-17(9-11-4-2-1-3-5-11)14-6-7-16-8-12(13)14/h1-8,10H,9H2. The van der Waals surface area contributed by atoms with Gasteiger partial charge in [0, 0.05) is 35.0 Å². The number of fused-ring (bicyclic) bond motifs is 1. The van der Waals surface area contributed by atoms with Crippen LogP contribution in [-0.4, -0.2) is 9.55 Å². The molecular formula is C14H11BrN2. The minimum atomic E-state index is 0.882. The van der Waals surface area contributed by atoms with E-state index in [1.165, 1.54) is 11.1 Å². The van der Waals surface area contributed by atoms with Crippen molar-refractivity contribution in [2.45, 2.75) is 6.54 Å². The molecule has 3 rings (SSSR count). The Kier molecular flexibility index (Phi) is 2.69. The van der Waals surface area contributed by atoms with Gasteiger partial charge in [-0.2, -0.15) is 0 Å². The highest BCUT2D eigenvalue weighted by molar-refractivity contribution is 9.10. The minimum Gasteiger partial charge on any atom is -0.342 e. The number of rotatable bonds is 2. The fourth-order valence-electron chi connectivity index (χ4n) is 2.01. The van der Waals surface area contributed by atoms with Gasteiger partial charge < -0.3 is 4.57 Å². The Morgan fingerprint density at radius 2 is 1.94 bits per heavy atom. The van der Waals surface area contributed by atoms with E-state index in [1.807, 2.05) is 24.5 Å².